The number of ketones is 1. The van der Waals surface area contributed by atoms with Crippen molar-refractivity contribution in [2.75, 3.05) is 0 Å². The maximum absolute atomic E-state index is 12.1. The number of phenols is 2. The number of phenolic OH excluding ortho intramolecular Hbond substituents is 2. The Morgan fingerprint density at radius 3 is 2.45 bits per heavy atom. The summed E-state index contributed by atoms with van der Waals surface area (Å²) in [6.45, 7) is 5.93. The maximum atomic E-state index is 12.1. The Morgan fingerprint density at radius 1 is 1.30 bits per heavy atom. The summed E-state index contributed by atoms with van der Waals surface area (Å²) in [5.41, 5.74) is 0.469. The molecular weight excluding hydrogens is 256 g/mol. The Labute approximate surface area is 119 Å². The number of carbonyl (C=O) groups excluding carboxylic acids is 2. The average Bonchev–Trinajstić information content (AvgIpc) is 2.39. The first-order valence-electron chi connectivity index (χ1n) is 6.98. The van der Waals surface area contributed by atoms with Gasteiger partial charge in [0.15, 0.2) is 12.1 Å². The zero-order valence-corrected chi connectivity index (χ0v) is 12.3. The Hall–Kier alpha value is -1.84. The predicted molar refractivity (Wildman–Crippen MR) is 77.6 cm³/mol. The van der Waals surface area contributed by atoms with Crippen LogP contribution < -0.4 is 0 Å². The van der Waals surface area contributed by atoms with Crippen LogP contribution in [0.5, 0.6) is 11.5 Å². The summed E-state index contributed by atoms with van der Waals surface area (Å²) < 4.78 is 0. The first-order valence-corrected chi connectivity index (χ1v) is 6.98. The van der Waals surface area contributed by atoms with Crippen molar-refractivity contribution in [3.63, 3.8) is 0 Å². The molecule has 0 saturated heterocycles. The molecule has 4 nitrogen and oxygen atoms in total. The SMILES string of the molecule is CCCCC(=O)c1cc(CC(C)C)c(O)c(C=O)c1O. The number of aromatic hydroxyl groups is 2. The van der Waals surface area contributed by atoms with Crippen LogP contribution in [0.2, 0.25) is 0 Å². The topological polar surface area (TPSA) is 74.6 Å². The van der Waals surface area contributed by atoms with E-state index in [1.807, 2.05) is 20.8 Å². The Morgan fingerprint density at radius 2 is 1.95 bits per heavy atom. The van der Waals surface area contributed by atoms with E-state index in [0.717, 1.165) is 12.8 Å². The molecule has 0 unspecified atom stereocenters. The second-order valence-corrected chi connectivity index (χ2v) is 5.44. The summed E-state index contributed by atoms with van der Waals surface area (Å²) in [5.74, 6) is -0.564. The second kappa shape index (κ2) is 7.08. The van der Waals surface area contributed by atoms with Crippen LogP contribution in [0.3, 0.4) is 0 Å². The van der Waals surface area contributed by atoms with Crippen molar-refractivity contribution < 1.29 is 19.8 Å². The van der Waals surface area contributed by atoms with Gasteiger partial charge in [0.25, 0.3) is 0 Å². The van der Waals surface area contributed by atoms with Gasteiger partial charge >= 0.3 is 0 Å². The fourth-order valence-electron chi connectivity index (χ4n) is 2.13. The van der Waals surface area contributed by atoms with Gasteiger partial charge in [-0.2, -0.15) is 0 Å². The lowest BCUT2D eigenvalue weighted by atomic mass is 9.93. The zero-order valence-electron chi connectivity index (χ0n) is 12.3. The lowest BCUT2D eigenvalue weighted by Crippen LogP contribution is -2.05. The van der Waals surface area contributed by atoms with Crippen LogP contribution in [0.15, 0.2) is 6.07 Å². The quantitative estimate of drug-likeness (QED) is 0.591. The van der Waals surface area contributed by atoms with E-state index in [2.05, 4.69) is 0 Å². The standard InChI is InChI=1S/C16H22O4/c1-4-5-6-14(18)12-8-11(7-10(2)3)15(19)13(9-17)16(12)20/h8-10,19-20H,4-7H2,1-3H3. The summed E-state index contributed by atoms with van der Waals surface area (Å²) in [4.78, 5) is 23.1. The highest BCUT2D eigenvalue weighted by Gasteiger charge is 2.21. The highest BCUT2D eigenvalue weighted by molar-refractivity contribution is 6.02. The molecule has 1 aromatic rings. The molecule has 2 N–H and O–H groups in total. The second-order valence-electron chi connectivity index (χ2n) is 5.44. The molecule has 0 aliphatic carbocycles. The van der Waals surface area contributed by atoms with Gasteiger partial charge in [0.1, 0.15) is 11.5 Å². The van der Waals surface area contributed by atoms with E-state index in [4.69, 9.17) is 0 Å². The van der Waals surface area contributed by atoms with Gasteiger partial charge in [-0.25, -0.2) is 0 Å². The van der Waals surface area contributed by atoms with Gasteiger partial charge in [0, 0.05) is 6.42 Å². The maximum Gasteiger partial charge on any atom is 0.166 e. The summed E-state index contributed by atoms with van der Waals surface area (Å²) in [6.07, 6.45) is 2.87. The van der Waals surface area contributed by atoms with Gasteiger partial charge in [-0.15, -0.1) is 0 Å². The minimum atomic E-state index is -0.411. The van der Waals surface area contributed by atoms with Crippen molar-refractivity contribution in [3.8, 4) is 11.5 Å². The average molecular weight is 278 g/mol. The monoisotopic (exact) mass is 278 g/mol. The highest BCUT2D eigenvalue weighted by atomic mass is 16.3. The lowest BCUT2D eigenvalue weighted by molar-refractivity contribution is 0.0977. The Kier molecular flexibility index (Phi) is 5.74. The van der Waals surface area contributed by atoms with Gasteiger partial charge in [-0.05, 0) is 30.4 Å². The smallest absolute Gasteiger partial charge is 0.166 e. The van der Waals surface area contributed by atoms with E-state index in [1.165, 1.54) is 6.07 Å². The molecular formula is C16H22O4. The first kappa shape index (κ1) is 16.2. The van der Waals surface area contributed by atoms with Gasteiger partial charge < -0.3 is 10.2 Å². The van der Waals surface area contributed by atoms with Crippen LogP contribution in [-0.2, 0) is 6.42 Å². The minimum absolute atomic E-state index is 0.133. The van der Waals surface area contributed by atoms with E-state index in [1.54, 1.807) is 0 Å². The summed E-state index contributed by atoms with van der Waals surface area (Å²) in [7, 11) is 0. The summed E-state index contributed by atoms with van der Waals surface area (Å²) >= 11 is 0. The lowest BCUT2D eigenvalue weighted by Gasteiger charge is -2.14. The van der Waals surface area contributed by atoms with Crippen molar-refractivity contribution in [2.45, 2.75) is 46.5 Å². The number of unbranched alkanes of at least 4 members (excludes halogenated alkanes) is 1. The molecule has 1 aromatic carbocycles. The van der Waals surface area contributed by atoms with Crippen molar-refractivity contribution >= 4 is 12.1 Å². The van der Waals surface area contributed by atoms with Gasteiger partial charge in [-0.3, -0.25) is 9.59 Å². The van der Waals surface area contributed by atoms with Crippen molar-refractivity contribution in [3.05, 3.63) is 22.8 Å². The van der Waals surface area contributed by atoms with Gasteiger partial charge in [0.2, 0.25) is 0 Å². The van der Waals surface area contributed by atoms with Crippen molar-refractivity contribution in [1.29, 1.82) is 0 Å². The normalized spacial score (nSPS) is 10.8. The van der Waals surface area contributed by atoms with Crippen LogP contribution >= 0.6 is 0 Å². The molecule has 0 saturated carbocycles. The zero-order chi connectivity index (χ0) is 15.3. The third kappa shape index (κ3) is 3.59. The fourth-order valence-corrected chi connectivity index (χ4v) is 2.13. The van der Waals surface area contributed by atoms with Gasteiger partial charge in [-0.1, -0.05) is 27.2 Å². The number of hydrogen-bond acceptors (Lipinski definition) is 4. The number of Topliss-reactive ketones (excluding diaryl/α,β-unsaturated/α-hetero) is 1. The Bertz CT molecular complexity index is 504. The molecule has 20 heavy (non-hydrogen) atoms. The fraction of sp³-hybridized carbons (Fsp3) is 0.500. The van der Waals surface area contributed by atoms with E-state index >= 15 is 0 Å². The molecule has 0 aliphatic rings. The van der Waals surface area contributed by atoms with Crippen molar-refractivity contribution in [2.24, 2.45) is 5.92 Å². The molecule has 0 radical (unpaired) electrons. The molecule has 110 valence electrons. The molecule has 0 fully saturated rings. The number of carbonyl (C=O) groups is 2. The molecule has 0 bridgehead atoms. The third-order valence-electron chi connectivity index (χ3n) is 3.19. The minimum Gasteiger partial charge on any atom is -0.507 e. The van der Waals surface area contributed by atoms with E-state index in [9.17, 15) is 19.8 Å². The predicted octanol–water partition coefficient (Wildman–Crippen LogP) is 3.48. The molecule has 4 heteroatoms. The number of hydrogen-bond donors (Lipinski definition) is 2. The molecule has 0 atom stereocenters. The summed E-state index contributed by atoms with van der Waals surface area (Å²) in [5, 5.41) is 20.0. The Balaban J connectivity index is 3.29. The van der Waals surface area contributed by atoms with E-state index in [0.29, 0.717) is 24.7 Å². The van der Waals surface area contributed by atoms with E-state index in [-0.39, 0.29) is 28.6 Å². The molecule has 0 spiro atoms. The van der Waals surface area contributed by atoms with Crippen LogP contribution in [0.1, 0.15) is 66.3 Å². The van der Waals surface area contributed by atoms with E-state index < -0.39 is 5.75 Å². The molecule has 1 rings (SSSR count). The largest absolute Gasteiger partial charge is 0.507 e. The number of rotatable bonds is 7. The summed E-state index contributed by atoms with van der Waals surface area (Å²) in [6, 6.07) is 1.51. The van der Waals surface area contributed by atoms with Crippen LogP contribution in [0, 0.1) is 5.92 Å². The third-order valence-corrected chi connectivity index (χ3v) is 3.19. The van der Waals surface area contributed by atoms with Crippen LogP contribution in [0.25, 0.3) is 0 Å². The van der Waals surface area contributed by atoms with Crippen molar-refractivity contribution in [1.82, 2.24) is 0 Å². The van der Waals surface area contributed by atoms with Gasteiger partial charge in [0.05, 0.1) is 11.1 Å². The highest BCUT2D eigenvalue weighted by Crippen LogP contribution is 2.35. The number of benzene rings is 1. The van der Waals surface area contributed by atoms with Crippen LogP contribution in [-0.4, -0.2) is 22.3 Å². The molecule has 0 heterocycles. The molecule has 0 amide bonds. The van der Waals surface area contributed by atoms with Crippen LogP contribution in [0.4, 0.5) is 0 Å². The number of aldehydes is 1. The molecule has 0 aliphatic heterocycles. The first-order chi connectivity index (χ1) is 9.42. The molecule has 0 aromatic heterocycles.